The van der Waals surface area contributed by atoms with Crippen molar-refractivity contribution in [3.8, 4) is 12.3 Å². The van der Waals surface area contributed by atoms with Crippen LogP contribution >= 0.6 is 0 Å². The Hall–Kier alpha value is -2.27. The quantitative estimate of drug-likeness (QED) is 0.629. The normalized spacial score (nSPS) is 17.5. The first kappa shape index (κ1) is 16.1. The molecule has 0 fully saturated rings. The molecular formula is C14H20N6O2. The summed E-state index contributed by atoms with van der Waals surface area (Å²) in [6, 6.07) is -0.317. The van der Waals surface area contributed by atoms with Crippen LogP contribution < -0.4 is 5.32 Å². The maximum atomic E-state index is 12.0. The lowest BCUT2D eigenvalue weighted by Gasteiger charge is -2.12. The zero-order valence-electron chi connectivity index (χ0n) is 12.7. The van der Waals surface area contributed by atoms with E-state index in [4.69, 9.17) is 6.42 Å². The van der Waals surface area contributed by atoms with Crippen LogP contribution in [-0.4, -0.2) is 31.9 Å². The van der Waals surface area contributed by atoms with Crippen molar-refractivity contribution in [2.24, 2.45) is 10.2 Å². The van der Waals surface area contributed by atoms with Gasteiger partial charge in [-0.15, -0.1) is 12.3 Å². The van der Waals surface area contributed by atoms with E-state index in [1.165, 1.54) is 0 Å². The van der Waals surface area contributed by atoms with Crippen molar-refractivity contribution >= 4 is 5.91 Å². The highest BCUT2D eigenvalue weighted by Crippen LogP contribution is 2.37. The molecule has 8 heteroatoms. The number of amides is 1. The number of terminal acetylenes is 1. The second-order valence-corrected chi connectivity index (χ2v) is 5.43. The third-order valence-corrected chi connectivity index (χ3v) is 3.49. The monoisotopic (exact) mass is 304 g/mol. The smallest absolute Gasteiger partial charge is 0.220 e. The van der Waals surface area contributed by atoms with Crippen molar-refractivity contribution in [1.29, 1.82) is 0 Å². The van der Waals surface area contributed by atoms with Crippen molar-refractivity contribution in [2.75, 3.05) is 0 Å². The molecule has 1 aromatic rings. The van der Waals surface area contributed by atoms with Crippen LogP contribution in [0.4, 0.5) is 0 Å². The number of rotatable bonds is 8. The van der Waals surface area contributed by atoms with Crippen molar-refractivity contribution in [2.45, 2.75) is 57.3 Å². The molecule has 1 aliphatic heterocycles. The molecule has 2 atom stereocenters. The minimum Gasteiger partial charge on any atom is -0.385 e. The fraction of sp³-hybridized carbons (Fsp3) is 0.643. The van der Waals surface area contributed by atoms with Gasteiger partial charge < -0.3 is 10.4 Å². The molecule has 2 unspecified atom stereocenters. The molecule has 3 N–H and O–H groups in total. The van der Waals surface area contributed by atoms with Crippen molar-refractivity contribution in [3.63, 3.8) is 0 Å². The first-order chi connectivity index (χ1) is 10.5. The van der Waals surface area contributed by atoms with Crippen molar-refractivity contribution in [1.82, 2.24) is 20.5 Å². The van der Waals surface area contributed by atoms with Gasteiger partial charge in [-0.3, -0.25) is 9.89 Å². The first-order valence-electron chi connectivity index (χ1n) is 7.23. The van der Waals surface area contributed by atoms with Crippen LogP contribution in [0, 0.1) is 12.3 Å². The Balaban J connectivity index is 1.78. The lowest BCUT2D eigenvalue weighted by atomic mass is 10.0. The molecule has 2 rings (SSSR count). The van der Waals surface area contributed by atoms with Crippen molar-refractivity contribution in [3.05, 3.63) is 11.6 Å². The lowest BCUT2D eigenvalue weighted by molar-refractivity contribution is -0.122. The summed E-state index contributed by atoms with van der Waals surface area (Å²) in [4.78, 5) is 16.1. The molecule has 22 heavy (non-hydrogen) atoms. The van der Waals surface area contributed by atoms with E-state index in [-0.39, 0.29) is 11.9 Å². The molecular weight excluding hydrogens is 284 g/mol. The molecule has 8 nitrogen and oxygen atoms in total. The summed E-state index contributed by atoms with van der Waals surface area (Å²) in [6.45, 7) is 3.37. The summed E-state index contributed by atoms with van der Waals surface area (Å²) < 4.78 is 0. The number of aromatic nitrogens is 3. The largest absolute Gasteiger partial charge is 0.385 e. The maximum absolute atomic E-state index is 12.0. The van der Waals surface area contributed by atoms with Crippen LogP contribution in [0.2, 0.25) is 0 Å². The van der Waals surface area contributed by atoms with E-state index in [0.717, 1.165) is 0 Å². The van der Waals surface area contributed by atoms with Gasteiger partial charge in [0.25, 0.3) is 0 Å². The standard InChI is InChI=1S/C14H20N6O2/c1-4-5-7-14(19-20-14)8-6-11(22)15-9(2)12-16-13(10(3)21)18-17-12/h1,9-10,21H,5-8H2,2-3H3,(H,15,22)(H,16,17,18). The average Bonchev–Trinajstić information content (AvgIpc) is 3.06. The lowest BCUT2D eigenvalue weighted by Crippen LogP contribution is -2.28. The van der Waals surface area contributed by atoms with Crippen LogP contribution in [0.3, 0.4) is 0 Å². The van der Waals surface area contributed by atoms with E-state index in [9.17, 15) is 9.90 Å². The van der Waals surface area contributed by atoms with E-state index in [1.807, 2.05) is 0 Å². The number of aliphatic hydroxyl groups is 1. The predicted molar refractivity (Wildman–Crippen MR) is 78.5 cm³/mol. The number of aliphatic hydroxyl groups excluding tert-OH is 1. The Labute approximate surface area is 128 Å². The van der Waals surface area contributed by atoms with Gasteiger partial charge in [-0.25, -0.2) is 4.98 Å². The van der Waals surface area contributed by atoms with Gasteiger partial charge in [0, 0.05) is 25.7 Å². The first-order valence-corrected chi connectivity index (χ1v) is 7.23. The SMILES string of the molecule is C#CCCC1(CCC(=O)NC(C)c2nc(C(C)O)n[nH]2)N=N1. The summed E-state index contributed by atoms with van der Waals surface area (Å²) in [5.41, 5.74) is -0.446. The maximum Gasteiger partial charge on any atom is 0.220 e. The summed E-state index contributed by atoms with van der Waals surface area (Å²) >= 11 is 0. The number of carbonyl (C=O) groups is 1. The number of nitrogens with one attached hydrogen (secondary N) is 2. The highest BCUT2D eigenvalue weighted by Gasteiger charge is 2.39. The third-order valence-electron chi connectivity index (χ3n) is 3.49. The van der Waals surface area contributed by atoms with Gasteiger partial charge in [-0.05, 0) is 13.8 Å². The van der Waals surface area contributed by atoms with E-state index in [0.29, 0.717) is 37.3 Å². The van der Waals surface area contributed by atoms with Crippen LogP contribution in [0.1, 0.15) is 63.3 Å². The van der Waals surface area contributed by atoms with Crippen LogP contribution in [0.5, 0.6) is 0 Å². The fourth-order valence-corrected chi connectivity index (χ4v) is 2.03. The minimum atomic E-state index is -0.748. The third kappa shape index (κ3) is 4.11. The Bertz CT molecular complexity index is 595. The molecule has 0 aromatic carbocycles. The summed E-state index contributed by atoms with van der Waals surface area (Å²) in [5, 5.41) is 26.8. The molecule has 1 amide bonds. The van der Waals surface area contributed by atoms with Gasteiger partial charge in [0.15, 0.2) is 11.5 Å². The van der Waals surface area contributed by atoms with Gasteiger partial charge in [0.2, 0.25) is 5.91 Å². The van der Waals surface area contributed by atoms with Gasteiger partial charge in [-0.1, -0.05) is 0 Å². The molecule has 2 heterocycles. The predicted octanol–water partition coefficient (Wildman–Crippen LogP) is 1.39. The van der Waals surface area contributed by atoms with E-state index in [2.05, 4.69) is 36.6 Å². The molecule has 0 saturated carbocycles. The highest BCUT2D eigenvalue weighted by atomic mass is 16.3. The molecule has 0 aliphatic carbocycles. The van der Waals surface area contributed by atoms with Crippen LogP contribution in [0.15, 0.2) is 10.2 Å². The van der Waals surface area contributed by atoms with Gasteiger partial charge in [-0.2, -0.15) is 15.3 Å². The molecule has 1 aromatic heterocycles. The number of carbonyl (C=O) groups excluding carboxylic acids is 1. The fourth-order valence-electron chi connectivity index (χ4n) is 2.03. The van der Waals surface area contributed by atoms with Crippen LogP contribution in [0.25, 0.3) is 0 Å². The Kier molecular flexibility index (Phi) is 4.88. The van der Waals surface area contributed by atoms with Gasteiger partial charge in [0.1, 0.15) is 11.9 Å². The Morgan fingerprint density at radius 1 is 1.45 bits per heavy atom. The molecule has 118 valence electrons. The number of nitrogens with zero attached hydrogens (tertiary/aromatic N) is 4. The second kappa shape index (κ2) is 6.66. The number of hydrogen-bond acceptors (Lipinski definition) is 6. The van der Waals surface area contributed by atoms with Gasteiger partial charge in [0.05, 0.1) is 6.04 Å². The molecule has 1 aliphatic rings. The summed E-state index contributed by atoms with van der Waals surface area (Å²) in [7, 11) is 0. The average molecular weight is 304 g/mol. The Morgan fingerprint density at radius 2 is 2.18 bits per heavy atom. The number of hydrogen-bond donors (Lipinski definition) is 3. The second-order valence-electron chi connectivity index (χ2n) is 5.43. The topological polar surface area (TPSA) is 116 Å². The number of aromatic amines is 1. The zero-order chi connectivity index (χ0) is 16.2. The van der Waals surface area contributed by atoms with E-state index >= 15 is 0 Å². The minimum absolute atomic E-state index is 0.111. The zero-order valence-corrected chi connectivity index (χ0v) is 12.7. The molecule has 0 saturated heterocycles. The van der Waals surface area contributed by atoms with E-state index < -0.39 is 11.8 Å². The molecule has 0 bridgehead atoms. The number of H-pyrrole nitrogens is 1. The van der Waals surface area contributed by atoms with E-state index in [1.54, 1.807) is 13.8 Å². The summed E-state index contributed by atoms with van der Waals surface area (Å²) in [6.07, 6.45) is 6.64. The molecule has 0 radical (unpaired) electrons. The van der Waals surface area contributed by atoms with Crippen LogP contribution in [-0.2, 0) is 4.79 Å². The van der Waals surface area contributed by atoms with Crippen molar-refractivity contribution < 1.29 is 9.90 Å². The summed E-state index contributed by atoms with van der Waals surface area (Å²) in [5.74, 6) is 3.26. The highest BCUT2D eigenvalue weighted by molar-refractivity contribution is 5.76. The van der Waals surface area contributed by atoms with Gasteiger partial charge >= 0.3 is 0 Å². The molecule has 0 spiro atoms. The Morgan fingerprint density at radius 3 is 2.73 bits per heavy atom.